The zero-order valence-corrected chi connectivity index (χ0v) is 15.6. The molecule has 0 bridgehead atoms. The number of benzene rings is 2. The number of thioether (sulfide) groups is 1. The Bertz CT molecular complexity index is 879. The number of amides is 1. The van der Waals surface area contributed by atoms with E-state index in [9.17, 15) is 4.79 Å². The van der Waals surface area contributed by atoms with Crippen LogP contribution in [0.2, 0.25) is 0 Å². The molecule has 2 aromatic carbocycles. The molecule has 0 saturated carbocycles. The molecule has 0 spiro atoms. The fraction of sp³-hybridized carbons (Fsp3) is 0.167. The Kier molecular flexibility index (Phi) is 5.67. The van der Waals surface area contributed by atoms with Crippen LogP contribution in [0.5, 0.6) is 0 Å². The van der Waals surface area contributed by atoms with Crippen molar-refractivity contribution >= 4 is 45.5 Å². The predicted octanol–water partition coefficient (Wildman–Crippen LogP) is 4.63. The third-order valence-corrected chi connectivity index (χ3v) is 5.51. The van der Waals surface area contributed by atoms with E-state index in [-0.39, 0.29) is 5.91 Å². The van der Waals surface area contributed by atoms with Gasteiger partial charge in [0.1, 0.15) is 0 Å². The van der Waals surface area contributed by atoms with E-state index in [1.165, 1.54) is 23.1 Å². The number of aromatic nitrogens is 2. The fourth-order valence-corrected chi connectivity index (χ4v) is 3.74. The normalized spacial score (nSPS) is 10.5. The average molecular weight is 371 g/mol. The molecule has 1 heterocycles. The number of rotatable bonds is 6. The Hall–Kier alpha value is -2.38. The van der Waals surface area contributed by atoms with Crippen LogP contribution in [0, 0.1) is 13.8 Å². The Morgan fingerprint density at radius 3 is 2.32 bits per heavy atom. The van der Waals surface area contributed by atoms with E-state index in [4.69, 9.17) is 0 Å². The number of nitrogens with zero attached hydrogens (tertiary/aromatic N) is 2. The van der Waals surface area contributed by atoms with Crippen molar-refractivity contribution in [2.45, 2.75) is 18.2 Å². The molecule has 0 aliphatic carbocycles. The van der Waals surface area contributed by atoms with Gasteiger partial charge in [0, 0.05) is 11.4 Å². The van der Waals surface area contributed by atoms with Crippen molar-refractivity contribution in [3.05, 3.63) is 59.7 Å². The molecule has 2 N–H and O–H groups in total. The maximum absolute atomic E-state index is 12.1. The number of aryl methyl sites for hydroxylation is 2. The van der Waals surface area contributed by atoms with Crippen molar-refractivity contribution in [1.29, 1.82) is 0 Å². The number of nitrogens with one attached hydrogen (secondary N) is 2. The van der Waals surface area contributed by atoms with Gasteiger partial charge in [0.15, 0.2) is 4.34 Å². The molecule has 0 unspecified atom stereocenters. The maximum atomic E-state index is 12.1. The molecule has 7 heteroatoms. The van der Waals surface area contributed by atoms with E-state index in [0.29, 0.717) is 5.75 Å². The smallest absolute Gasteiger partial charge is 0.234 e. The van der Waals surface area contributed by atoms with Gasteiger partial charge in [0.25, 0.3) is 0 Å². The van der Waals surface area contributed by atoms with Crippen LogP contribution in [0.1, 0.15) is 11.1 Å². The highest BCUT2D eigenvalue weighted by atomic mass is 32.2. The van der Waals surface area contributed by atoms with Gasteiger partial charge in [-0.3, -0.25) is 4.79 Å². The van der Waals surface area contributed by atoms with Crippen LogP contribution >= 0.6 is 23.1 Å². The molecule has 3 aromatic rings. The first-order valence-electron chi connectivity index (χ1n) is 7.76. The second-order valence-electron chi connectivity index (χ2n) is 5.46. The number of para-hydroxylation sites is 2. The SMILES string of the molecule is Cc1ccccc1NC(=O)CSc1nnc(Nc2ccccc2C)s1. The standard InChI is InChI=1S/C18H18N4OS2/c1-12-7-3-5-9-14(12)19-16(23)11-24-18-22-21-17(25-18)20-15-10-6-4-8-13(15)2/h3-10H,11H2,1-2H3,(H,19,23)(H,20,21). The largest absolute Gasteiger partial charge is 0.330 e. The highest BCUT2D eigenvalue weighted by Gasteiger charge is 2.10. The lowest BCUT2D eigenvalue weighted by Gasteiger charge is -2.06. The Balaban J connectivity index is 1.54. The number of hydrogen-bond donors (Lipinski definition) is 2. The van der Waals surface area contributed by atoms with Crippen molar-refractivity contribution in [1.82, 2.24) is 10.2 Å². The van der Waals surface area contributed by atoms with Gasteiger partial charge in [-0.15, -0.1) is 10.2 Å². The third-order valence-electron chi connectivity index (χ3n) is 3.54. The summed E-state index contributed by atoms with van der Waals surface area (Å²) in [6.45, 7) is 4.01. The van der Waals surface area contributed by atoms with Crippen LogP contribution in [0.25, 0.3) is 0 Å². The first kappa shape index (κ1) is 17.4. The first-order chi connectivity index (χ1) is 12.1. The summed E-state index contributed by atoms with van der Waals surface area (Å²) >= 11 is 2.82. The summed E-state index contributed by atoms with van der Waals surface area (Å²) < 4.78 is 0.760. The number of hydrogen-bond acceptors (Lipinski definition) is 6. The van der Waals surface area contributed by atoms with Crippen LogP contribution in [-0.2, 0) is 4.79 Å². The minimum atomic E-state index is -0.0529. The Morgan fingerprint density at radius 1 is 1.00 bits per heavy atom. The van der Waals surface area contributed by atoms with E-state index in [0.717, 1.165) is 32.0 Å². The van der Waals surface area contributed by atoms with Crippen molar-refractivity contribution in [3.8, 4) is 0 Å². The molecule has 5 nitrogen and oxygen atoms in total. The van der Waals surface area contributed by atoms with Crippen LogP contribution in [0.15, 0.2) is 52.9 Å². The van der Waals surface area contributed by atoms with Crippen LogP contribution in [0.3, 0.4) is 0 Å². The third kappa shape index (κ3) is 4.80. The minimum absolute atomic E-state index is 0.0529. The quantitative estimate of drug-likeness (QED) is 0.619. The van der Waals surface area contributed by atoms with Crippen LogP contribution < -0.4 is 10.6 Å². The molecule has 0 aliphatic rings. The zero-order chi connectivity index (χ0) is 17.6. The summed E-state index contributed by atoms with van der Waals surface area (Å²) in [6.07, 6.45) is 0. The molecule has 0 atom stereocenters. The highest BCUT2D eigenvalue weighted by molar-refractivity contribution is 8.01. The van der Waals surface area contributed by atoms with E-state index >= 15 is 0 Å². The molecule has 1 amide bonds. The summed E-state index contributed by atoms with van der Waals surface area (Å²) in [5, 5.41) is 15.2. The van der Waals surface area contributed by atoms with E-state index in [2.05, 4.69) is 20.8 Å². The van der Waals surface area contributed by atoms with Gasteiger partial charge in [0.2, 0.25) is 11.0 Å². The molecule has 0 saturated heterocycles. The molecular weight excluding hydrogens is 352 g/mol. The van der Waals surface area contributed by atoms with Gasteiger partial charge in [-0.2, -0.15) is 0 Å². The van der Waals surface area contributed by atoms with Gasteiger partial charge in [-0.05, 0) is 37.1 Å². The molecule has 128 valence electrons. The first-order valence-corrected chi connectivity index (χ1v) is 9.56. The Labute approximate surface area is 154 Å². The lowest BCUT2D eigenvalue weighted by molar-refractivity contribution is -0.113. The summed E-state index contributed by atoms with van der Waals surface area (Å²) in [4.78, 5) is 12.1. The van der Waals surface area contributed by atoms with Gasteiger partial charge in [-0.25, -0.2) is 0 Å². The van der Waals surface area contributed by atoms with E-state index in [1.54, 1.807) is 0 Å². The van der Waals surface area contributed by atoms with Crippen molar-refractivity contribution in [2.75, 3.05) is 16.4 Å². The summed E-state index contributed by atoms with van der Waals surface area (Å²) in [5.74, 6) is 0.246. The van der Waals surface area contributed by atoms with Crippen LogP contribution in [0.4, 0.5) is 16.5 Å². The number of carbonyl (C=O) groups is 1. The zero-order valence-electron chi connectivity index (χ0n) is 13.9. The monoisotopic (exact) mass is 370 g/mol. The number of carbonyl (C=O) groups excluding carboxylic acids is 1. The lowest BCUT2D eigenvalue weighted by Crippen LogP contribution is -2.14. The topological polar surface area (TPSA) is 66.9 Å². The van der Waals surface area contributed by atoms with E-state index in [1.807, 2.05) is 62.4 Å². The average Bonchev–Trinajstić information content (AvgIpc) is 3.05. The molecular formula is C18H18N4OS2. The summed E-state index contributed by atoms with van der Waals surface area (Å²) in [6, 6.07) is 15.7. The molecule has 25 heavy (non-hydrogen) atoms. The van der Waals surface area contributed by atoms with Gasteiger partial charge < -0.3 is 10.6 Å². The highest BCUT2D eigenvalue weighted by Crippen LogP contribution is 2.28. The fourth-order valence-electron chi connectivity index (χ4n) is 2.17. The van der Waals surface area contributed by atoms with Crippen LogP contribution in [-0.4, -0.2) is 21.9 Å². The van der Waals surface area contributed by atoms with Crippen molar-refractivity contribution in [3.63, 3.8) is 0 Å². The predicted molar refractivity (Wildman–Crippen MR) is 105 cm³/mol. The second-order valence-corrected chi connectivity index (χ2v) is 7.66. The van der Waals surface area contributed by atoms with Gasteiger partial charge >= 0.3 is 0 Å². The maximum Gasteiger partial charge on any atom is 0.234 e. The number of anilines is 3. The molecule has 0 fully saturated rings. The molecule has 0 radical (unpaired) electrons. The lowest BCUT2D eigenvalue weighted by atomic mass is 10.2. The minimum Gasteiger partial charge on any atom is -0.330 e. The summed E-state index contributed by atoms with van der Waals surface area (Å²) in [5.41, 5.74) is 4.03. The van der Waals surface area contributed by atoms with Crippen molar-refractivity contribution < 1.29 is 4.79 Å². The van der Waals surface area contributed by atoms with Gasteiger partial charge in [-0.1, -0.05) is 59.5 Å². The van der Waals surface area contributed by atoms with Crippen molar-refractivity contribution in [2.24, 2.45) is 0 Å². The molecule has 0 aliphatic heterocycles. The molecule has 1 aromatic heterocycles. The van der Waals surface area contributed by atoms with Gasteiger partial charge in [0.05, 0.1) is 5.75 Å². The van der Waals surface area contributed by atoms with E-state index < -0.39 is 0 Å². The molecule has 3 rings (SSSR count). The Morgan fingerprint density at radius 2 is 1.64 bits per heavy atom. The second kappa shape index (κ2) is 8.13. The summed E-state index contributed by atoms with van der Waals surface area (Å²) in [7, 11) is 0.